The average Bonchev–Trinajstić information content (AvgIpc) is 3.26. The zero-order chi connectivity index (χ0) is 18.1. The van der Waals surface area contributed by atoms with Gasteiger partial charge in [0.2, 0.25) is 0 Å². The molecular weight excluding hydrogens is 334 g/mol. The Morgan fingerprint density at radius 1 is 1.15 bits per heavy atom. The summed E-state index contributed by atoms with van der Waals surface area (Å²) in [6, 6.07) is 5.68. The summed E-state index contributed by atoms with van der Waals surface area (Å²) in [4.78, 5) is 4.22. The maximum atomic E-state index is 14.2. The van der Waals surface area contributed by atoms with E-state index in [0.29, 0.717) is 0 Å². The molecule has 0 radical (unpaired) electrons. The SMILES string of the molecule is CC1(C)[C@H]2CC[C@]1(n1ccnc1)c1nnc(-c3c(F)cccc3F)cc12. The lowest BCUT2D eigenvalue weighted by Gasteiger charge is -2.39. The largest absolute Gasteiger partial charge is 0.325 e. The summed E-state index contributed by atoms with van der Waals surface area (Å²) in [5.41, 5.74) is 1.68. The first kappa shape index (κ1) is 15.6. The van der Waals surface area contributed by atoms with Gasteiger partial charge in [-0.25, -0.2) is 13.8 Å². The predicted molar refractivity (Wildman–Crippen MR) is 92.4 cm³/mol. The Kier molecular flexibility index (Phi) is 2.98. The van der Waals surface area contributed by atoms with E-state index < -0.39 is 11.6 Å². The van der Waals surface area contributed by atoms with Crippen molar-refractivity contribution in [1.82, 2.24) is 19.7 Å². The number of hydrogen-bond donors (Lipinski definition) is 0. The molecule has 2 bridgehead atoms. The van der Waals surface area contributed by atoms with Gasteiger partial charge in [0.05, 0.1) is 28.8 Å². The molecule has 2 atom stereocenters. The van der Waals surface area contributed by atoms with Crippen LogP contribution in [0.3, 0.4) is 0 Å². The number of hydrogen-bond acceptors (Lipinski definition) is 3. The fraction of sp³-hybridized carbons (Fsp3) is 0.350. The van der Waals surface area contributed by atoms with E-state index in [-0.39, 0.29) is 28.1 Å². The van der Waals surface area contributed by atoms with Crippen molar-refractivity contribution in [2.75, 3.05) is 0 Å². The second-order valence-electron chi connectivity index (χ2n) is 7.77. The van der Waals surface area contributed by atoms with Crippen molar-refractivity contribution in [3.8, 4) is 11.3 Å². The van der Waals surface area contributed by atoms with Crippen LogP contribution >= 0.6 is 0 Å². The van der Waals surface area contributed by atoms with Crippen LogP contribution in [0.5, 0.6) is 0 Å². The monoisotopic (exact) mass is 352 g/mol. The smallest absolute Gasteiger partial charge is 0.135 e. The lowest BCUT2D eigenvalue weighted by molar-refractivity contribution is 0.168. The van der Waals surface area contributed by atoms with Crippen molar-refractivity contribution < 1.29 is 8.78 Å². The summed E-state index contributed by atoms with van der Waals surface area (Å²) in [5.74, 6) is -0.971. The third kappa shape index (κ3) is 1.69. The molecule has 4 nitrogen and oxygen atoms in total. The van der Waals surface area contributed by atoms with Crippen molar-refractivity contribution in [1.29, 1.82) is 0 Å². The third-order valence-electron chi connectivity index (χ3n) is 6.49. The van der Waals surface area contributed by atoms with E-state index in [1.165, 1.54) is 18.2 Å². The number of rotatable bonds is 2. The van der Waals surface area contributed by atoms with Crippen LogP contribution in [0, 0.1) is 17.0 Å². The van der Waals surface area contributed by atoms with Crippen molar-refractivity contribution in [3.05, 3.63) is 65.9 Å². The number of nitrogens with zero attached hydrogens (tertiary/aromatic N) is 4. The Morgan fingerprint density at radius 2 is 1.92 bits per heavy atom. The molecule has 132 valence electrons. The highest BCUT2D eigenvalue weighted by molar-refractivity contribution is 5.63. The van der Waals surface area contributed by atoms with E-state index in [4.69, 9.17) is 0 Å². The van der Waals surface area contributed by atoms with Crippen molar-refractivity contribution >= 4 is 0 Å². The van der Waals surface area contributed by atoms with Gasteiger partial charge < -0.3 is 4.57 Å². The molecule has 0 spiro atoms. The van der Waals surface area contributed by atoms with Gasteiger partial charge in [0.15, 0.2) is 0 Å². The number of imidazole rings is 1. The summed E-state index contributed by atoms with van der Waals surface area (Å²) in [7, 11) is 0. The molecule has 2 heterocycles. The standard InChI is InChI=1S/C20H18F2N4/c1-19(2)13-6-7-20(19,26-9-8-23-11-26)18-12(13)10-16(24-25-18)17-14(21)4-3-5-15(17)22/h3-5,8-11,13H,6-7H2,1-2H3/t13-,20-/m0/s1. The van der Waals surface area contributed by atoms with Crippen molar-refractivity contribution in [2.45, 2.75) is 38.1 Å². The van der Waals surface area contributed by atoms with Crippen LogP contribution in [0.1, 0.15) is 43.9 Å². The highest BCUT2D eigenvalue weighted by Crippen LogP contribution is 2.67. The van der Waals surface area contributed by atoms with E-state index >= 15 is 0 Å². The Morgan fingerprint density at radius 3 is 2.62 bits per heavy atom. The molecule has 0 amide bonds. The molecule has 1 saturated carbocycles. The molecule has 26 heavy (non-hydrogen) atoms. The highest BCUT2D eigenvalue weighted by Gasteiger charge is 2.64. The van der Waals surface area contributed by atoms with Crippen LogP contribution < -0.4 is 0 Å². The Bertz CT molecular complexity index is 992. The van der Waals surface area contributed by atoms with Crippen LogP contribution in [0.2, 0.25) is 0 Å². The third-order valence-corrected chi connectivity index (χ3v) is 6.49. The summed E-state index contributed by atoms with van der Waals surface area (Å²) in [5, 5.41) is 8.71. The number of halogens is 2. The van der Waals surface area contributed by atoms with Crippen LogP contribution in [0.4, 0.5) is 8.78 Å². The van der Waals surface area contributed by atoms with Gasteiger partial charge in [0.1, 0.15) is 11.6 Å². The van der Waals surface area contributed by atoms with Gasteiger partial charge in [0.25, 0.3) is 0 Å². The quantitative estimate of drug-likeness (QED) is 0.691. The van der Waals surface area contributed by atoms with E-state index in [1.807, 2.05) is 18.6 Å². The van der Waals surface area contributed by atoms with Gasteiger partial charge in [0, 0.05) is 17.8 Å². The van der Waals surface area contributed by atoms with Crippen LogP contribution in [0.15, 0.2) is 43.0 Å². The summed E-state index contributed by atoms with van der Waals surface area (Å²) >= 11 is 0. The zero-order valence-electron chi connectivity index (χ0n) is 14.6. The second-order valence-corrected chi connectivity index (χ2v) is 7.77. The predicted octanol–water partition coefficient (Wildman–Crippen LogP) is 4.28. The van der Waals surface area contributed by atoms with E-state index in [2.05, 4.69) is 33.6 Å². The average molecular weight is 352 g/mol. The Hall–Kier alpha value is -2.63. The Balaban J connectivity index is 1.74. The minimum absolute atomic E-state index is 0.0862. The van der Waals surface area contributed by atoms with Crippen molar-refractivity contribution in [3.63, 3.8) is 0 Å². The van der Waals surface area contributed by atoms with Crippen LogP contribution in [-0.2, 0) is 5.54 Å². The maximum absolute atomic E-state index is 14.2. The van der Waals surface area contributed by atoms with Gasteiger partial charge in [-0.15, -0.1) is 5.10 Å². The molecule has 5 rings (SSSR count). The molecule has 0 unspecified atom stereocenters. The second kappa shape index (κ2) is 4.96. The van der Waals surface area contributed by atoms with Crippen LogP contribution in [-0.4, -0.2) is 19.7 Å². The molecule has 0 aliphatic heterocycles. The molecule has 0 N–H and O–H groups in total. The molecule has 2 aromatic heterocycles. The first-order chi connectivity index (χ1) is 12.5. The summed E-state index contributed by atoms with van der Waals surface area (Å²) in [6.07, 6.45) is 7.52. The number of aromatic nitrogens is 4. The molecule has 6 heteroatoms. The fourth-order valence-corrected chi connectivity index (χ4v) is 5.22. The molecular formula is C20H18F2N4. The van der Waals surface area contributed by atoms with E-state index in [1.54, 1.807) is 6.20 Å². The first-order valence-electron chi connectivity index (χ1n) is 8.78. The number of fused-ring (bicyclic) bond motifs is 5. The van der Waals surface area contributed by atoms with Gasteiger partial charge in [-0.3, -0.25) is 0 Å². The normalized spacial score (nSPS) is 25.5. The zero-order valence-corrected chi connectivity index (χ0v) is 14.6. The lowest BCUT2D eigenvalue weighted by atomic mass is 9.75. The fourth-order valence-electron chi connectivity index (χ4n) is 5.22. The van der Waals surface area contributed by atoms with Gasteiger partial charge >= 0.3 is 0 Å². The minimum atomic E-state index is -0.619. The summed E-state index contributed by atoms with van der Waals surface area (Å²) < 4.78 is 30.5. The molecule has 3 aromatic rings. The molecule has 1 fully saturated rings. The molecule has 0 saturated heterocycles. The highest BCUT2D eigenvalue weighted by atomic mass is 19.1. The van der Waals surface area contributed by atoms with Crippen molar-refractivity contribution in [2.24, 2.45) is 5.41 Å². The molecule has 2 aliphatic carbocycles. The minimum Gasteiger partial charge on any atom is -0.325 e. The number of benzene rings is 1. The van der Waals surface area contributed by atoms with Crippen LogP contribution in [0.25, 0.3) is 11.3 Å². The first-order valence-corrected chi connectivity index (χ1v) is 8.78. The van der Waals surface area contributed by atoms with E-state index in [0.717, 1.165) is 24.1 Å². The van der Waals surface area contributed by atoms with Gasteiger partial charge in [-0.05, 0) is 42.5 Å². The summed E-state index contributed by atoms with van der Waals surface area (Å²) in [6.45, 7) is 4.46. The molecule has 2 aliphatic rings. The molecule has 1 aromatic carbocycles. The lowest BCUT2D eigenvalue weighted by Crippen LogP contribution is -2.42. The maximum Gasteiger partial charge on any atom is 0.135 e. The van der Waals surface area contributed by atoms with Gasteiger partial charge in [-0.1, -0.05) is 19.9 Å². The van der Waals surface area contributed by atoms with E-state index in [9.17, 15) is 8.78 Å². The Labute approximate surface area is 149 Å². The van der Waals surface area contributed by atoms with Gasteiger partial charge in [-0.2, -0.15) is 5.10 Å². The topological polar surface area (TPSA) is 43.6 Å².